The van der Waals surface area contributed by atoms with E-state index in [0.29, 0.717) is 18.3 Å². The van der Waals surface area contributed by atoms with E-state index in [9.17, 15) is 22.8 Å². The molecule has 4 bridgehead atoms. The van der Waals surface area contributed by atoms with Crippen LogP contribution in [0.3, 0.4) is 0 Å². The van der Waals surface area contributed by atoms with E-state index in [1.807, 2.05) is 60.8 Å². The van der Waals surface area contributed by atoms with Gasteiger partial charge in [-0.2, -0.15) is 4.72 Å². The number of aliphatic carboxylic acids is 1. The Morgan fingerprint density at radius 1 is 0.935 bits per heavy atom. The van der Waals surface area contributed by atoms with Crippen molar-refractivity contribution in [2.24, 2.45) is 23.7 Å². The molecule has 4 aliphatic carbocycles. The third kappa shape index (κ3) is 7.15. The minimum absolute atomic E-state index is 0.0601. The number of fused-ring (bicyclic) bond motifs is 1. The summed E-state index contributed by atoms with van der Waals surface area (Å²) in [7, 11) is -3.89. The second-order valence-electron chi connectivity index (χ2n) is 14.0. The molecule has 2 aromatic carbocycles. The molecular formula is C35H44N4O6S. The molecule has 4 fully saturated rings. The fraction of sp³-hybridized carbons (Fsp3) is 0.514. The minimum atomic E-state index is -3.89. The molecule has 2 amide bonds. The number of para-hydroxylation sites is 1. The Labute approximate surface area is 270 Å². The van der Waals surface area contributed by atoms with Crippen molar-refractivity contribution >= 4 is 38.7 Å². The maximum absolute atomic E-state index is 14.4. The van der Waals surface area contributed by atoms with Crippen molar-refractivity contribution < 1.29 is 27.9 Å². The van der Waals surface area contributed by atoms with Gasteiger partial charge in [0.25, 0.3) is 0 Å². The van der Waals surface area contributed by atoms with Gasteiger partial charge in [-0.3, -0.25) is 14.4 Å². The number of nitrogens with one attached hydrogen (secondary N) is 4. The van der Waals surface area contributed by atoms with Gasteiger partial charge in [-0.15, -0.1) is 0 Å². The maximum Gasteiger partial charge on any atom is 0.303 e. The Morgan fingerprint density at radius 3 is 2.26 bits per heavy atom. The lowest BCUT2D eigenvalue weighted by Crippen LogP contribution is -2.64. The van der Waals surface area contributed by atoms with Crippen molar-refractivity contribution in [1.29, 1.82) is 0 Å². The number of carbonyl (C=O) groups is 3. The summed E-state index contributed by atoms with van der Waals surface area (Å²) in [6.07, 6.45) is 6.82. The van der Waals surface area contributed by atoms with Crippen molar-refractivity contribution in [1.82, 2.24) is 20.3 Å². The number of amides is 2. The van der Waals surface area contributed by atoms with Crippen LogP contribution in [-0.2, 0) is 37.2 Å². The molecule has 2 unspecified atom stereocenters. The summed E-state index contributed by atoms with van der Waals surface area (Å²) in [6, 6.07) is 16.7. The number of aromatic nitrogens is 1. The summed E-state index contributed by atoms with van der Waals surface area (Å²) in [5, 5.41) is 15.2. The molecule has 0 aliphatic heterocycles. The summed E-state index contributed by atoms with van der Waals surface area (Å²) in [5.74, 6) is -0.533. The number of carboxylic acid groups (broad SMARTS) is 1. The van der Waals surface area contributed by atoms with Crippen LogP contribution in [-0.4, -0.2) is 59.7 Å². The molecule has 246 valence electrons. The summed E-state index contributed by atoms with van der Waals surface area (Å²) in [4.78, 5) is 41.1. The first-order chi connectivity index (χ1) is 22.0. The van der Waals surface area contributed by atoms with Crippen molar-refractivity contribution in [2.75, 3.05) is 6.54 Å². The maximum atomic E-state index is 14.4. The number of sulfonamides is 1. The minimum Gasteiger partial charge on any atom is -0.481 e. The smallest absolute Gasteiger partial charge is 0.303 e. The first-order valence-electron chi connectivity index (χ1n) is 16.4. The average molecular weight is 649 g/mol. The Balaban J connectivity index is 1.27. The lowest BCUT2D eigenvalue weighted by Gasteiger charge is -2.54. The van der Waals surface area contributed by atoms with Gasteiger partial charge >= 0.3 is 5.97 Å². The molecule has 0 spiro atoms. The molecule has 11 heteroatoms. The van der Waals surface area contributed by atoms with Crippen LogP contribution in [0.5, 0.6) is 0 Å². The van der Waals surface area contributed by atoms with Gasteiger partial charge in [0.2, 0.25) is 21.8 Å². The molecule has 46 heavy (non-hydrogen) atoms. The SMILES string of the molecule is CC(Cc1c[nH]c2ccccc12)(NS(=O)(=O)C1C2CC3CC(C2)CC1C3)C(=O)NC(CNC(=O)CCC(=O)O)Cc1ccccc1. The zero-order chi connectivity index (χ0) is 32.5. The number of H-pyrrole nitrogens is 1. The Bertz CT molecular complexity index is 1660. The molecule has 0 saturated heterocycles. The van der Waals surface area contributed by atoms with E-state index in [0.717, 1.165) is 47.7 Å². The van der Waals surface area contributed by atoms with E-state index in [4.69, 9.17) is 5.11 Å². The molecule has 4 saturated carbocycles. The van der Waals surface area contributed by atoms with E-state index < -0.39 is 44.6 Å². The van der Waals surface area contributed by atoms with Gasteiger partial charge in [-0.25, -0.2) is 8.42 Å². The van der Waals surface area contributed by atoms with E-state index in [2.05, 4.69) is 20.3 Å². The molecule has 1 aromatic heterocycles. The van der Waals surface area contributed by atoms with Gasteiger partial charge in [0, 0.05) is 36.5 Å². The highest BCUT2D eigenvalue weighted by Gasteiger charge is 2.54. The van der Waals surface area contributed by atoms with Crippen molar-refractivity contribution in [3.63, 3.8) is 0 Å². The lowest BCUT2D eigenvalue weighted by atomic mass is 9.56. The van der Waals surface area contributed by atoms with Gasteiger partial charge in [0.15, 0.2) is 0 Å². The van der Waals surface area contributed by atoms with Crippen LogP contribution in [0.2, 0.25) is 0 Å². The number of aromatic amines is 1. The first-order valence-corrected chi connectivity index (χ1v) is 17.9. The van der Waals surface area contributed by atoms with Gasteiger partial charge < -0.3 is 20.7 Å². The molecule has 3 aromatic rings. The molecule has 7 rings (SSSR count). The van der Waals surface area contributed by atoms with Crippen molar-refractivity contribution in [3.05, 3.63) is 71.9 Å². The normalized spacial score (nSPS) is 25.5. The Hall–Kier alpha value is -3.70. The number of carboxylic acids is 1. The fourth-order valence-electron chi connectivity index (χ4n) is 8.55. The van der Waals surface area contributed by atoms with Crippen LogP contribution in [0.4, 0.5) is 0 Å². The predicted molar refractivity (Wildman–Crippen MR) is 175 cm³/mol. The largest absolute Gasteiger partial charge is 0.481 e. The second-order valence-corrected chi connectivity index (χ2v) is 15.8. The molecule has 0 radical (unpaired) electrons. The van der Waals surface area contributed by atoms with Crippen molar-refractivity contribution in [3.8, 4) is 0 Å². The van der Waals surface area contributed by atoms with E-state index in [-0.39, 0.29) is 37.6 Å². The highest BCUT2D eigenvalue weighted by Crippen LogP contribution is 2.55. The van der Waals surface area contributed by atoms with Gasteiger partial charge in [-0.05, 0) is 86.3 Å². The molecular weight excluding hydrogens is 604 g/mol. The topological polar surface area (TPSA) is 157 Å². The molecule has 1 heterocycles. The molecule has 10 nitrogen and oxygen atoms in total. The number of hydrogen-bond donors (Lipinski definition) is 5. The summed E-state index contributed by atoms with van der Waals surface area (Å²) in [6.45, 7) is 1.72. The van der Waals surface area contributed by atoms with Crippen LogP contribution in [0.15, 0.2) is 60.8 Å². The first kappa shape index (κ1) is 32.2. The van der Waals surface area contributed by atoms with Gasteiger partial charge in [0.1, 0.15) is 5.54 Å². The third-order valence-corrected chi connectivity index (χ3v) is 12.6. The summed E-state index contributed by atoms with van der Waals surface area (Å²) >= 11 is 0. The quantitative estimate of drug-likeness (QED) is 0.178. The highest BCUT2D eigenvalue weighted by atomic mass is 32.2. The second kappa shape index (κ2) is 13.2. The van der Waals surface area contributed by atoms with Gasteiger partial charge in [-0.1, -0.05) is 48.5 Å². The molecule has 5 N–H and O–H groups in total. The Morgan fingerprint density at radius 2 is 1.59 bits per heavy atom. The van der Waals surface area contributed by atoms with Crippen LogP contribution >= 0.6 is 0 Å². The van der Waals surface area contributed by atoms with Crippen molar-refractivity contribution in [2.45, 2.75) is 81.5 Å². The van der Waals surface area contributed by atoms with E-state index in [1.54, 1.807) is 6.92 Å². The van der Waals surface area contributed by atoms with Gasteiger partial charge in [0.05, 0.1) is 17.7 Å². The number of benzene rings is 2. The third-order valence-electron chi connectivity index (χ3n) is 10.4. The standard InChI is InChI=1S/C35H44N4O6S/c1-35(19-27-20-36-30-10-6-5-9-29(27)30,39-46(44,45)33-25-14-23-13-24(16-25)17-26(33)15-23)34(43)38-28(18-22-7-3-2-4-8-22)21-37-31(40)11-12-32(41)42/h2-10,20,23-26,28,33,36,39H,11-19,21H2,1H3,(H,37,40)(H,38,43)(H,41,42). The van der Waals surface area contributed by atoms with Crippen LogP contribution < -0.4 is 15.4 Å². The number of rotatable bonds is 14. The number of hydrogen-bond acceptors (Lipinski definition) is 5. The Kier molecular flexibility index (Phi) is 9.25. The predicted octanol–water partition coefficient (Wildman–Crippen LogP) is 3.92. The number of carbonyl (C=O) groups excluding carboxylic acids is 2. The van der Waals surface area contributed by atoms with Crippen LogP contribution in [0.1, 0.15) is 63.0 Å². The summed E-state index contributed by atoms with van der Waals surface area (Å²) < 4.78 is 31.7. The zero-order valence-electron chi connectivity index (χ0n) is 26.2. The highest BCUT2D eigenvalue weighted by molar-refractivity contribution is 7.90. The summed E-state index contributed by atoms with van der Waals surface area (Å²) in [5.41, 5.74) is 1.12. The van der Waals surface area contributed by atoms with Crippen LogP contribution in [0.25, 0.3) is 10.9 Å². The monoisotopic (exact) mass is 648 g/mol. The fourth-order valence-corrected chi connectivity index (χ4v) is 10.9. The van der Waals surface area contributed by atoms with Crippen LogP contribution in [0, 0.1) is 23.7 Å². The molecule has 2 atom stereocenters. The van der Waals surface area contributed by atoms with E-state index in [1.165, 1.54) is 6.42 Å². The zero-order valence-corrected chi connectivity index (χ0v) is 27.0. The van der Waals surface area contributed by atoms with E-state index >= 15 is 0 Å². The lowest BCUT2D eigenvalue weighted by molar-refractivity contribution is -0.138. The average Bonchev–Trinajstić information content (AvgIpc) is 3.40. The molecule has 4 aliphatic rings.